The Labute approximate surface area is 300 Å². The standard InChI is InChI=1S/C42H38BrNO4S/c1-5-44-26(3)27(4)49-42(31-16-9-7-10-17-31,32-18-11-8-12-19-32)41-35-25-30-15-13-14-29(30)24-34(35)40(48-41,39(46)47-6-2)36(38(41)44)37(45)28-20-22-33(43)23-21-28/h7-12,16-25H,5-6,13-15H2,1-4H3/t40-,41+/m0/s1. The van der Waals surface area contributed by atoms with Crippen molar-refractivity contribution in [3.8, 4) is 0 Å². The fraction of sp³-hybridized carbons (Fsp3) is 0.286. The minimum absolute atomic E-state index is 0.152. The molecule has 3 aliphatic heterocycles. The number of carbonyl (C=O) groups is 2. The number of hydrogen-bond acceptors (Lipinski definition) is 6. The number of benzene rings is 4. The van der Waals surface area contributed by atoms with E-state index in [4.69, 9.17) is 9.47 Å². The van der Waals surface area contributed by atoms with Crippen LogP contribution in [0.3, 0.4) is 0 Å². The third-order valence-corrected chi connectivity index (χ3v) is 13.0. The number of ether oxygens (including phenoxy) is 2. The Morgan fingerprint density at radius 2 is 1.45 bits per heavy atom. The van der Waals surface area contributed by atoms with Crippen LogP contribution in [-0.2, 0) is 43.1 Å². The zero-order valence-corrected chi connectivity index (χ0v) is 30.5. The van der Waals surface area contributed by atoms with Gasteiger partial charge < -0.3 is 14.4 Å². The van der Waals surface area contributed by atoms with Crippen molar-refractivity contribution in [2.24, 2.45) is 0 Å². The molecule has 4 aromatic carbocycles. The van der Waals surface area contributed by atoms with Crippen LogP contribution in [-0.4, -0.2) is 29.8 Å². The summed E-state index contributed by atoms with van der Waals surface area (Å²) < 4.78 is 13.7. The molecule has 0 aromatic heterocycles. The Bertz CT molecular complexity index is 2030. The van der Waals surface area contributed by atoms with Crippen LogP contribution >= 0.6 is 27.7 Å². The van der Waals surface area contributed by atoms with Gasteiger partial charge in [-0.3, -0.25) is 4.79 Å². The number of hydrogen-bond donors (Lipinski definition) is 0. The van der Waals surface area contributed by atoms with Crippen molar-refractivity contribution in [1.29, 1.82) is 0 Å². The first-order valence-corrected chi connectivity index (χ1v) is 18.7. The predicted octanol–water partition coefficient (Wildman–Crippen LogP) is 9.34. The highest BCUT2D eigenvalue weighted by atomic mass is 79.9. The van der Waals surface area contributed by atoms with E-state index in [1.165, 1.54) is 11.1 Å². The van der Waals surface area contributed by atoms with Gasteiger partial charge in [-0.2, -0.15) is 0 Å². The van der Waals surface area contributed by atoms with Crippen molar-refractivity contribution in [3.05, 3.63) is 162 Å². The molecule has 2 bridgehead atoms. The lowest BCUT2D eigenvalue weighted by Crippen LogP contribution is -2.51. The number of esters is 1. The topological polar surface area (TPSA) is 55.8 Å². The minimum Gasteiger partial charge on any atom is -0.463 e. The van der Waals surface area contributed by atoms with Crippen molar-refractivity contribution in [1.82, 2.24) is 4.90 Å². The lowest BCUT2D eigenvalue weighted by molar-refractivity contribution is -0.177. The molecule has 49 heavy (non-hydrogen) atoms. The summed E-state index contributed by atoms with van der Waals surface area (Å²) in [7, 11) is 0. The smallest absolute Gasteiger partial charge is 0.348 e. The summed E-state index contributed by atoms with van der Waals surface area (Å²) >= 11 is 5.30. The fourth-order valence-electron chi connectivity index (χ4n) is 8.67. The summed E-state index contributed by atoms with van der Waals surface area (Å²) in [5.74, 6) is -0.795. The predicted molar refractivity (Wildman–Crippen MR) is 197 cm³/mol. The van der Waals surface area contributed by atoms with Gasteiger partial charge in [0.2, 0.25) is 5.60 Å². The van der Waals surface area contributed by atoms with E-state index < -0.39 is 21.9 Å². The van der Waals surface area contributed by atoms with Crippen molar-refractivity contribution >= 4 is 39.4 Å². The molecule has 0 unspecified atom stereocenters. The van der Waals surface area contributed by atoms with E-state index in [1.54, 1.807) is 11.8 Å². The van der Waals surface area contributed by atoms with Crippen LogP contribution in [0.25, 0.3) is 0 Å². The molecule has 2 atom stereocenters. The second-order valence-corrected chi connectivity index (χ2v) is 15.5. The van der Waals surface area contributed by atoms with Gasteiger partial charge in [-0.05, 0) is 99.0 Å². The molecule has 0 saturated heterocycles. The molecule has 0 amide bonds. The number of aryl methyl sites for hydroxylation is 2. The number of Topliss-reactive ketones (excluding diaryl/α,β-unsaturated/α-hetero) is 1. The molecule has 0 radical (unpaired) electrons. The number of ketones is 1. The number of nitrogens with zero attached hydrogens (tertiary/aromatic N) is 1. The average molecular weight is 733 g/mol. The van der Waals surface area contributed by atoms with E-state index in [9.17, 15) is 4.79 Å². The van der Waals surface area contributed by atoms with Gasteiger partial charge in [-0.1, -0.05) is 88.7 Å². The van der Waals surface area contributed by atoms with Gasteiger partial charge in [0.25, 0.3) is 0 Å². The SMILES string of the molecule is CCOC(=O)[C@@]12O[C@@]3(C(=C1C(=O)c1ccc(Br)cc1)N(CC)C(C)=C(C)SC3(c1ccccc1)c1ccccc1)c1cc3c(cc12)CCC3. The monoisotopic (exact) mass is 731 g/mol. The highest BCUT2D eigenvalue weighted by Gasteiger charge is 2.78. The van der Waals surface area contributed by atoms with Gasteiger partial charge in [0, 0.05) is 32.7 Å². The first-order valence-electron chi connectivity index (χ1n) is 17.1. The van der Waals surface area contributed by atoms with Crippen molar-refractivity contribution < 1.29 is 19.1 Å². The van der Waals surface area contributed by atoms with Crippen molar-refractivity contribution in [2.75, 3.05) is 13.2 Å². The first kappa shape index (κ1) is 32.3. The molecule has 3 heterocycles. The molecule has 4 aliphatic rings. The highest BCUT2D eigenvalue weighted by molar-refractivity contribution is 9.10. The van der Waals surface area contributed by atoms with Gasteiger partial charge >= 0.3 is 5.97 Å². The van der Waals surface area contributed by atoms with E-state index >= 15 is 4.79 Å². The third-order valence-electron chi connectivity index (χ3n) is 10.8. The van der Waals surface area contributed by atoms with Crippen LogP contribution in [0, 0.1) is 0 Å². The van der Waals surface area contributed by atoms with Crippen LogP contribution in [0.1, 0.15) is 77.9 Å². The number of thioether (sulfide) groups is 1. The Hall–Kier alpha value is -3.91. The molecule has 5 nitrogen and oxygen atoms in total. The molecule has 0 N–H and O–H groups in total. The Balaban J connectivity index is 1.62. The van der Waals surface area contributed by atoms with Gasteiger partial charge in [-0.25, -0.2) is 4.79 Å². The average Bonchev–Trinajstić information content (AvgIpc) is 3.79. The zero-order chi connectivity index (χ0) is 34.1. The highest BCUT2D eigenvalue weighted by Crippen LogP contribution is 2.75. The molecule has 248 valence electrons. The molecule has 0 saturated carbocycles. The van der Waals surface area contributed by atoms with Crippen LogP contribution in [0.15, 0.2) is 123 Å². The molecular formula is C42H38BrNO4S. The Morgan fingerprint density at radius 1 is 0.857 bits per heavy atom. The summed E-state index contributed by atoms with van der Waals surface area (Å²) in [5, 5.41) is 0. The molecular weight excluding hydrogens is 694 g/mol. The van der Waals surface area contributed by atoms with E-state index in [2.05, 4.69) is 102 Å². The normalized spacial score (nSPS) is 23.2. The largest absolute Gasteiger partial charge is 0.463 e. The van der Waals surface area contributed by atoms with E-state index in [0.29, 0.717) is 17.7 Å². The van der Waals surface area contributed by atoms with Gasteiger partial charge in [0.05, 0.1) is 17.9 Å². The Kier molecular flexibility index (Phi) is 7.82. The maximum Gasteiger partial charge on any atom is 0.348 e. The number of allylic oxidation sites excluding steroid dienone is 2. The number of rotatable bonds is 7. The summed E-state index contributed by atoms with van der Waals surface area (Å²) in [6.07, 6.45) is 2.92. The molecule has 4 aromatic rings. The second-order valence-electron chi connectivity index (χ2n) is 13.2. The number of fused-ring (bicyclic) bond motifs is 4. The number of likely N-dealkylation sites (N-methyl/N-ethyl adjacent to an activating group) is 1. The van der Waals surface area contributed by atoms with E-state index in [0.717, 1.165) is 62.3 Å². The molecule has 1 spiro atoms. The minimum atomic E-state index is -1.78. The summed E-state index contributed by atoms with van der Waals surface area (Å²) in [5.41, 5.74) is 5.68. The summed E-state index contributed by atoms with van der Waals surface area (Å²) in [4.78, 5) is 33.7. The van der Waals surface area contributed by atoms with Crippen LogP contribution in [0.5, 0.6) is 0 Å². The lowest BCUT2D eigenvalue weighted by Gasteiger charge is -2.49. The van der Waals surface area contributed by atoms with Gasteiger partial charge in [0.1, 0.15) is 4.75 Å². The molecule has 1 aliphatic carbocycles. The van der Waals surface area contributed by atoms with E-state index in [1.807, 2.05) is 43.3 Å². The summed E-state index contributed by atoms with van der Waals surface area (Å²) in [6.45, 7) is 8.91. The van der Waals surface area contributed by atoms with Gasteiger partial charge in [-0.15, -0.1) is 11.8 Å². The quantitative estimate of drug-likeness (QED) is 0.140. The maximum absolute atomic E-state index is 15.4. The zero-order valence-electron chi connectivity index (χ0n) is 28.1. The van der Waals surface area contributed by atoms with Crippen molar-refractivity contribution in [3.63, 3.8) is 0 Å². The van der Waals surface area contributed by atoms with Gasteiger partial charge in [0.15, 0.2) is 11.4 Å². The molecule has 8 rings (SSSR count). The fourth-order valence-corrected chi connectivity index (χ4v) is 10.5. The number of halogens is 1. The molecule has 7 heteroatoms. The summed E-state index contributed by atoms with van der Waals surface area (Å²) in [6, 6.07) is 32.8. The second kappa shape index (κ2) is 11.9. The number of carbonyl (C=O) groups excluding carboxylic acids is 2. The van der Waals surface area contributed by atoms with Crippen molar-refractivity contribution in [2.45, 2.75) is 62.9 Å². The molecule has 0 fully saturated rings. The lowest BCUT2D eigenvalue weighted by atomic mass is 9.64. The van der Waals surface area contributed by atoms with Crippen LogP contribution in [0.4, 0.5) is 0 Å². The third kappa shape index (κ3) is 4.28. The van der Waals surface area contributed by atoms with Crippen LogP contribution < -0.4 is 0 Å². The first-order chi connectivity index (χ1) is 23.7. The van der Waals surface area contributed by atoms with Crippen LogP contribution in [0.2, 0.25) is 0 Å². The maximum atomic E-state index is 15.4. The Morgan fingerprint density at radius 3 is 2.02 bits per heavy atom. The van der Waals surface area contributed by atoms with E-state index in [-0.39, 0.29) is 12.4 Å².